The van der Waals surface area contributed by atoms with Crippen molar-refractivity contribution in [3.63, 3.8) is 0 Å². The van der Waals surface area contributed by atoms with Crippen LogP contribution in [0.3, 0.4) is 0 Å². The fraction of sp³-hybridized carbons (Fsp3) is 0.385. The van der Waals surface area contributed by atoms with E-state index in [-0.39, 0.29) is 5.69 Å². The van der Waals surface area contributed by atoms with Gasteiger partial charge in [0.05, 0.1) is 11.0 Å². The van der Waals surface area contributed by atoms with Gasteiger partial charge in [-0.15, -0.1) is 12.3 Å². The van der Waals surface area contributed by atoms with Crippen molar-refractivity contribution in [1.82, 2.24) is 5.32 Å². The highest BCUT2D eigenvalue weighted by molar-refractivity contribution is 5.33. The van der Waals surface area contributed by atoms with Gasteiger partial charge >= 0.3 is 0 Å². The molecule has 0 spiro atoms. The van der Waals surface area contributed by atoms with Gasteiger partial charge in [-0.05, 0) is 30.7 Å². The smallest absolute Gasteiger partial charge is 0.269 e. The fourth-order valence-corrected chi connectivity index (χ4v) is 1.49. The van der Waals surface area contributed by atoms with Gasteiger partial charge in [-0.1, -0.05) is 0 Å². The van der Waals surface area contributed by atoms with Gasteiger partial charge in [-0.3, -0.25) is 10.1 Å². The molecular formula is C13H16N2O3. The van der Waals surface area contributed by atoms with Crippen LogP contribution in [0.1, 0.15) is 24.5 Å². The van der Waals surface area contributed by atoms with Crippen LogP contribution in [0.5, 0.6) is 0 Å². The second kappa shape index (κ2) is 7.43. The molecule has 0 radical (unpaired) electrons. The number of nitrogens with one attached hydrogen (secondary N) is 1. The second-order valence-corrected chi connectivity index (χ2v) is 3.88. The summed E-state index contributed by atoms with van der Waals surface area (Å²) in [6.07, 6.45) is 6.02. The molecular weight excluding hydrogens is 232 g/mol. The lowest BCUT2D eigenvalue weighted by atomic mass is 10.1. The quantitative estimate of drug-likeness (QED) is 0.333. The number of nitro benzene ring substituents is 1. The van der Waals surface area contributed by atoms with Crippen molar-refractivity contribution < 1.29 is 10.0 Å². The Kier molecular flexibility index (Phi) is 5.85. The molecule has 0 aliphatic heterocycles. The molecule has 1 unspecified atom stereocenters. The maximum atomic E-state index is 10.5. The molecule has 0 bridgehead atoms. The van der Waals surface area contributed by atoms with Gasteiger partial charge in [-0.2, -0.15) is 0 Å². The van der Waals surface area contributed by atoms with E-state index in [1.807, 2.05) is 0 Å². The molecule has 0 saturated carbocycles. The third-order valence-corrected chi connectivity index (χ3v) is 2.50. The van der Waals surface area contributed by atoms with Crippen LogP contribution in [0.4, 0.5) is 5.69 Å². The third-order valence-electron chi connectivity index (χ3n) is 2.50. The Labute approximate surface area is 106 Å². The van der Waals surface area contributed by atoms with Crippen molar-refractivity contribution in [3.8, 4) is 12.3 Å². The first-order chi connectivity index (χ1) is 8.65. The zero-order valence-corrected chi connectivity index (χ0v) is 10.0. The molecule has 0 aromatic heterocycles. The number of rotatable bonds is 7. The van der Waals surface area contributed by atoms with Gasteiger partial charge in [0.25, 0.3) is 5.69 Å². The van der Waals surface area contributed by atoms with Crippen LogP contribution < -0.4 is 5.32 Å². The molecule has 5 heteroatoms. The third kappa shape index (κ3) is 4.53. The highest BCUT2D eigenvalue weighted by atomic mass is 16.6. The van der Waals surface area contributed by atoms with Crippen LogP contribution in [-0.2, 0) is 0 Å². The molecule has 0 amide bonds. The number of hydrogen-bond acceptors (Lipinski definition) is 4. The number of nitrogens with zero attached hydrogens (tertiary/aromatic N) is 1. The highest BCUT2D eigenvalue weighted by Crippen LogP contribution is 2.17. The number of nitro groups is 1. The summed E-state index contributed by atoms with van der Waals surface area (Å²) >= 11 is 0. The fourth-order valence-electron chi connectivity index (χ4n) is 1.49. The van der Waals surface area contributed by atoms with Crippen LogP contribution in [-0.4, -0.2) is 23.1 Å². The summed E-state index contributed by atoms with van der Waals surface area (Å²) in [4.78, 5) is 10.0. The van der Waals surface area contributed by atoms with Crippen LogP contribution in [0.25, 0.3) is 0 Å². The molecule has 0 fully saturated rings. The average molecular weight is 248 g/mol. The van der Waals surface area contributed by atoms with Crippen molar-refractivity contribution in [2.45, 2.75) is 18.9 Å². The number of terminal acetylenes is 1. The Morgan fingerprint density at radius 1 is 1.44 bits per heavy atom. The van der Waals surface area contributed by atoms with Crippen molar-refractivity contribution in [2.24, 2.45) is 0 Å². The highest BCUT2D eigenvalue weighted by Gasteiger charge is 2.09. The van der Waals surface area contributed by atoms with Crippen molar-refractivity contribution in [2.75, 3.05) is 13.1 Å². The van der Waals surface area contributed by atoms with E-state index < -0.39 is 11.0 Å². The van der Waals surface area contributed by atoms with E-state index in [9.17, 15) is 15.2 Å². The molecule has 18 heavy (non-hydrogen) atoms. The average Bonchev–Trinajstić information content (AvgIpc) is 2.38. The molecule has 96 valence electrons. The molecule has 0 heterocycles. The summed E-state index contributed by atoms with van der Waals surface area (Å²) < 4.78 is 0. The van der Waals surface area contributed by atoms with E-state index in [0.29, 0.717) is 18.5 Å². The largest absolute Gasteiger partial charge is 0.387 e. The number of non-ortho nitro benzene ring substituents is 1. The first-order valence-corrected chi connectivity index (χ1v) is 5.71. The monoisotopic (exact) mass is 248 g/mol. The molecule has 5 nitrogen and oxygen atoms in total. The molecule has 0 aliphatic carbocycles. The van der Waals surface area contributed by atoms with E-state index in [0.717, 1.165) is 13.0 Å². The maximum absolute atomic E-state index is 10.5. The van der Waals surface area contributed by atoms with Gasteiger partial charge in [0.15, 0.2) is 0 Å². The van der Waals surface area contributed by atoms with Crippen molar-refractivity contribution in [1.29, 1.82) is 0 Å². The molecule has 2 N–H and O–H groups in total. The first kappa shape index (κ1) is 14.2. The van der Waals surface area contributed by atoms with Crippen LogP contribution in [0, 0.1) is 22.5 Å². The maximum Gasteiger partial charge on any atom is 0.269 e. The Hall–Kier alpha value is -1.90. The number of benzene rings is 1. The van der Waals surface area contributed by atoms with E-state index in [2.05, 4.69) is 11.2 Å². The lowest BCUT2D eigenvalue weighted by molar-refractivity contribution is -0.384. The summed E-state index contributed by atoms with van der Waals surface area (Å²) in [7, 11) is 0. The summed E-state index contributed by atoms with van der Waals surface area (Å²) in [5.74, 6) is 2.54. The van der Waals surface area contributed by atoms with Crippen molar-refractivity contribution in [3.05, 3.63) is 39.9 Å². The van der Waals surface area contributed by atoms with E-state index in [1.54, 1.807) is 12.1 Å². The van der Waals surface area contributed by atoms with Gasteiger partial charge < -0.3 is 10.4 Å². The summed E-state index contributed by atoms with van der Waals surface area (Å²) in [6, 6.07) is 5.89. The Morgan fingerprint density at radius 2 is 2.11 bits per heavy atom. The second-order valence-electron chi connectivity index (χ2n) is 3.88. The topological polar surface area (TPSA) is 75.4 Å². The minimum Gasteiger partial charge on any atom is -0.387 e. The Balaban J connectivity index is 2.39. The molecule has 0 aliphatic rings. The SMILES string of the molecule is C#CCCCNCC(O)c1ccc([N+](=O)[O-])cc1. The van der Waals surface area contributed by atoms with Gasteiger partial charge in [-0.25, -0.2) is 0 Å². The normalized spacial score (nSPS) is 11.8. The summed E-state index contributed by atoms with van der Waals surface area (Å²) in [5.41, 5.74) is 0.679. The number of unbranched alkanes of at least 4 members (excludes halogenated alkanes) is 1. The predicted molar refractivity (Wildman–Crippen MR) is 69.0 cm³/mol. The van der Waals surface area contributed by atoms with E-state index in [4.69, 9.17) is 6.42 Å². The van der Waals surface area contributed by atoms with Gasteiger partial charge in [0.2, 0.25) is 0 Å². The van der Waals surface area contributed by atoms with Gasteiger partial charge in [0, 0.05) is 25.1 Å². The minimum atomic E-state index is -0.670. The van der Waals surface area contributed by atoms with Crippen molar-refractivity contribution >= 4 is 5.69 Å². The first-order valence-electron chi connectivity index (χ1n) is 5.71. The molecule has 1 rings (SSSR count). The number of aliphatic hydroxyl groups excluding tert-OH is 1. The standard InChI is InChI=1S/C13H16N2O3/c1-2-3-4-9-14-10-13(16)11-5-7-12(8-6-11)15(17)18/h1,5-8,13-14,16H,3-4,9-10H2. The van der Waals surface area contributed by atoms with E-state index in [1.165, 1.54) is 12.1 Å². The number of aliphatic hydroxyl groups is 1. The van der Waals surface area contributed by atoms with Crippen LogP contribution in [0.2, 0.25) is 0 Å². The molecule has 1 aromatic carbocycles. The summed E-state index contributed by atoms with van der Waals surface area (Å²) in [5, 5.41) is 23.4. The lowest BCUT2D eigenvalue weighted by Crippen LogP contribution is -2.22. The lowest BCUT2D eigenvalue weighted by Gasteiger charge is -2.11. The van der Waals surface area contributed by atoms with Crippen LogP contribution >= 0.6 is 0 Å². The molecule has 1 aromatic rings. The predicted octanol–water partition coefficient (Wildman–Crippen LogP) is 1.63. The Morgan fingerprint density at radius 3 is 2.67 bits per heavy atom. The van der Waals surface area contributed by atoms with Crippen LogP contribution in [0.15, 0.2) is 24.3 Å². The zero-order chi connectivity index (χ0) is 13.4. The van der Waals surface area contributed by atoms with E-state index >= 15 is 0 Å². The number of hydrogen-bond donors (Lipinski definition) is 2. The minimum absolute atomic E-state index is 0.0212. The summed E-state index contributed by atoms with van der Waals surface area (Å²) in [6.45, 7) is 1.15. The molecule has 1 atom stereocenters. The molecule has 0 saturated heterocycles. The Bertz CT molecular complexity index is 423. The van der Waals surface area contributed by atoms with Gasteiger partial charge in [0.1, 0.15) is 0 Å². The zero-order valence-electron chi connectivity index (χ0n) is 10.0.